The maximum Gasteiger partial charge on any atom is 0.308 e. The van der Waals surface area contributed by atoms with Crippen molar-refractivity contribution in [1.82, 2.24) is 4.90 Å². The standard InChI is InChI=1S/C11H15NO3/c1-8-5-12(7-10(8)11(13)14)6-9-3-2-4-15-9/h2-4,8,10H,5-7H2,1H3,(H,13,14). The van der Waals surface area contributed by atoms with Crippen molar-refractivity contribution in [3.05, 3.63) is 24.2 Å². The molecule has 2 unspecified atom stereocenters. The Labute approximate surface area is 88.5 Å². The molecule has 1 aromatic rings. The van der Waals surface area contributed by atoms with Gasteiger partial charge in [-0.1, -0.05) is 6.92 Å². The molecule has 0 radical (unpaired) electrons. The van der Waals surface area contributed by atoms with Crippen molar-refractivity contribution < 1.29 is 14.3 Å². The molecule has 4 heteroatoms. The highest BCUT2D eigenvalue weighted by Gasteiger charge is 2.34. The number of rotatable bonds is 3. The number of carbonyl (C=O) groups is 1. The van der Waals surface area contributed by atoms with Crippen LogP contribution in [-0.2, 0) is 11.3 Å². The van der Waals surface area contributed by atoms with Gasteiger partial charge in [0.15, 0.2) is 0 Å². The molecular formula is C11H15NO3. The van der Waals surface area contributed by atoms with Gasteiger partial charge in [0.05, 0.1) is 18.7 Å². The second-order valence-corrected chi connectivity index (χ2v) is 4.20. The van der Waals surface area contributed by atoms with E-state index in [9.17, 15) is 4.79 Å². The predicted molar refractivity (Wildman–Crippen MR) is 54.3 cm³/mol. The first kappa shape index (κ1) is 10.2. The SMILES string of the molecule is CC1CN(Cc2ccco2)CC1C(=O)O. The summed E-state index contributed by atoms with van der Waals surface area (Å²) in [5, 5.41) is 8.98. The van der Waals surface area contributed by atoms with Gasteiger partial charge in [0.25, 0.3) is 0 Å². The van der Waals surface area contributed by atoms with Gasteiger partial charge in [0.1, 0.15) is 5.76 Å². The van der Waals surface area contributed by atoms with Gasteiger partial charge >= 0.3 is 5.97 Å². The highest BCUT2D eigenvalue weighted by molar-refractivity contribution is 5.71. The number of hydrogen-bond donors (Lipinski definition) is 1. The average molecular weight is 209 g/mol. The van der Waals surface area contributed by atoms with E-state index in [0.29, 0.717) is 13.1 Å². The first-order chi connectivity index (χ1) is 7.16. The summed E-state index contributed by atoms with van der Waals surface area (Å²) in [7, 11) is 0. The molecule has 2 atom stereocenters. The van der Waals surface area contributed by atoms with Crippen molar-refractivity contribution in [2.45, 2.75) is 13.5 Å². The Bertz CT molecular complexity index is 334. The molecule has 2 heterocycles. The molecule has 1 saturated heterocycles. The normalized spacial score (nSPS) is 27.0. The summed E-state index contributed by atoms with van der Waals surface area (Å²) >= 11 is 0. The number of carboxylic acid groups (broad SMARTS) is 1. The van der Waals surface area contributed by atoms with Gasteiger partial charge in [-0.3, -0.25) is 9.69 Å². The molecule has 0 bridgehead atoms. The van der Waals surface area contributed by atoms with E-state index in [4.69, 9.17) is 9.52 Å². The fourth-order valence-electron chi connectivity index (χ4n) is 2.14. The molecule has 2 rings (SSSR count). The summed E-state index contributed by atoms with van der Waals surface area (Å²) in [5.41, 5.74) is 0. The van der Waals surface area contributed by atoms with E-state index >= 15 is 0 Å². The Hall–Kier alpha value is -1.29. The fraction of sp³-hybridized carbons (Fsp3) is 0.545. The van der Waals surface area contributed by atoms with E-state index in [1.54, 1.807) is 6.26 Å². The van der Waals surface area contributed by atoms with Gasteiger partial charge in [0.2, 0.25) is 0 Å². The van der Waals surface area contributed by atoms with Crippen LogP contribution in [0.5, 0.6) is 0 Å². The van der Waals surface area contributed by atoms with Gasteiger partial charge in [-0.2, -0.15) is 0 Å². The highest BCUT2D eigenvalue weighted by Crippen LogP contribution is 2.24. The zero-order valence-corrected chi connectivity index (χ0v) is 8.72. The average Bonchev–Trinajstić information content (AvgIpc) is 2.75. The molecular weight excluding hydrogens is 194 g/mol. The van der Waals surface area contributed by atoms with Crippen molar-refractivity contribution in [1.29, 1.82) is 0 Å². The van der Waals surface area contributed by atoms with Crippen molar-refractivity contribution in [3.63, 3.8) is 0 Å². The zero-order chi connectivity index (χ0) is 10.8. The lowest BCUT2D eigenvalue weighted by Crippen LogP contribution is -2.22. The third-order valence-corrected chi connectivity index (χ3v) is 2.96. The van der Waals surface area contributed by atoms with Gasteiger partial charge in [0, 0.05) is 13.1 Å². The Balaban J connectivity index is 1.94. The van der Waals surface area contributed by atoms with Gasteiger partial charge in [-0.25, -0.2) is 0 Å². The minimum atomic E-state index is -0.690. The first-order valence-electron chi connectivity index (χ1n) is 5.14. The molecule has 1 aromatic heterocycles. The fourth-order valence-corrected chi connectivity index (χ4v) is 2.14. The topological polar surface area (TPSA) is 53.7 Å². The van der Waals surface area contributed by atoms with Crippen molar-refractivity contribution in [3.8, 4) is 0 Å². The molecule has 0 saturated carbocycles. The predicted octanol–water partition coefficient (Wildman–Crippen LogP) is 1.43. The monoisotopic (exact) mass is 209 g/mol. The van der Waals surface area contributed by atoms with E-state index < -0.39 is 5.97 Å². The molecule has 15 heavy (non-hydrogen) atoms. The van der Waals surface area contributed by atoms with E-state index in [1.165, 1.54) is 0 Å². The van der Waals surface area contributed by atoms with Crippen molar-refractivity contribution in [2.24, 2.45) is 11.8 Å². The van der Waals surface area contributed by atoms with Crippen LogP contribution >= 0.6 is 0 Å². The second kappa shape index (κ2) is 4.06. The van der Waals surface area contributed by atoms with Crippen LogP contribution in [0.15, 0.2) is 22.8 Å². The number of furan rings is 1. The number of hydrogen-bond acceptors (Lipinski definition) is 3. The molecule has 1 aliphatic heterocycles. The highest BCUT2D eigenvalue weighted by atomic mass is 16.4. The summed E-state index contributed by atoms with van der Waals surface area (Å²) in [4.78, 5) is 13.0. The second-order valence-electron chi connectivity index (χ2n) is 4.20. The smallest absolute Gasteiger partial charge is 0.308 e. The molecule has 82 valence electrons. The quantitative estimate of drug-likeness (QED) is 0.818. The first-order valence-corrected chi connectivity index (χ1v) is 5.14. The van der Waals surface area contributed by atoms with E-state index in [0.717, 1.165) is 12.3 Å². The van der Waals surface area contributed by atoms with Crippen LogP contribution in [0, 0.1) is 11.8 Å². The number of carboxylic acids is 1. The van der Waals surface area contributed by atoms with Crippen LogP contribution in [0.25, 0.3) is 0 Å². The molecule has 1 aliphatic rings. The lowest BCUT2D eigenvalue weighted by molar-refractivity contribution is -0.142. The lowest BCUT2D eigenvalue weighted by atomic mass is 9.99. The van der Waals surface area contributed by atoms with Gasteiger partial charge in [-0.05, 0) is 18.1 Å². The molecule has 0 spiro atoms. The van der Waals surface area contributed by atoms with Gasteiger partial charge in [-0.15, -0.1) is 0 Å². The van der Waals surface area contributed by atoms with Crippen LogP contribution in [0.1, 0.15) is 12.7 Å². The lowest BCUT2D eigenvalue weighted by Gasteiger charge is -2.12. The zero-order valence-electron chi connectivity index (χ0n) is 8.72. The minimum absolute atomic E-state index is 0.220. The number of likely N-dealkylation sites (tertiary alicyclic amines) is 1. The number of nitrogens with zero attached hydrogens (tertiary/aromatic N) is 1. The summed E-state index contributed by atoms with van der Waals surface area (Å²) in [6.45, 7) is 4.15. The molecule has 1 fully saturated rings. The Morgan fingerprint density at radius 2 is 2.47 bits per heavy atom. The van der Waals surface area contributed by atoms with E-state index in [-0.39, 0.29) is 11.8 Å². The van der Waals surface area contributed by atoms with Crippen molar-refractivity contribution in [2.75, 3.05) is 13.1 Å². The van der Waals surface area contributed by atoms with E-state index in [2.05, 4.69) is 4.90 Å². The van der Waals surface area contributed by atoms with Crippen molar-refractivity contribution >= 4 is 5.97 Å². The Morgan fingerprint density at radius 3 is 3.00 bits per heavy atom. The third-order valence-electron chi connectivity index (χ3n) is 2.96. The molecule has 1 N–H and O–H groups in total. The molecule has 4 nitrogen and oxygen atoms in total. The maximum atomic E-state index is 10.9. The summed E-state index contributed by atoms with van der Waals surface area (Å²) < 4.78 is 5.24. The van der Waals surface area contributed by atoms with Crippen LogP contribution in [0.3, 0.4) is 0 Å². The third kappa shape index (κ3) is 2.21. The maximum absolute atomic E-state index is 10.9. The van der Waals surface area contributed by atoms with Crippen LogP contribution < -0.4 is 0 Å². The Kier molecular flexibility index (Phi) is 2.77. The van der Waals surface area contributed by atoms with Crippen LogP contribution in [0.2, 0.25) is 0 Å². The molecule has 0 amide bonds. The largest absolute Gasteiger partial charge is 0.481 e. The summed E-state index contributed by atoms with van der Waals surface area (Å²) in [5.74, 6) is 0.190. The Morgan fingerprint density at radius 1 is 1.67 bits per heavy atom. The number of aliphatic carboxylic acids is 1. The minimum Gasteiger partial charge on any atom is -0.481 e. The van der Waals surface area contributed by atoms with Gasteiger partial charge < -0.3 is 9.52 Å². The summed E-state index contributed by atoms with van der Waals surface area (Å²) in [6.07, 6.45) is 1.64. The van der Waals surface area contributed by atoms with Crippen LogP contribution in [0.4, 0.5) is 0 Å². The summed E-state index contributed by atoms with van der Waals surface area (Å²) in [6, 6.07) is 3.77. The molecule has 0 aliphatic carbocycles. The molecule has 0 aromatic carbocycles. The van der Waals surface area contributed by atoms with E-state index in [1.807, 2.05) is 19.1 Å². The van der Waals surface area contributed by atoms with Crippen LogP contribution in [-0.4, -0.2) is 29.1 Å².